The second-order valence-corrected chi connectivity index (χ2v) is 40.5. The van der Waals surface area contributed by atoms with E-state index in [1.165, 1.54) is 13.2 Å². The molecule has 5 N–H and O–H groups in total. The van der Waals surface area contributed by atoms with Crippen molar-refractivity contribution < 1.29 is 97.3 Å². The monoisotopic (exact) mass is 1610 g/mol. The second-order valence-electron chi connectivity index (χ2n) is 40.5. The molecule has 0 aromatic rings. The molecule has 0 bridgehead atoms. The van der Waals surface area contributed by atoms with Crippen LogP contribution in [0.3, 0.4) is 0 Å². The third kappa shape index (κ3) is 10.6. The Kier molecular flexibility index (Phi) is 19.3. The summed E-state index contributed by atoms with van der Waals surface area (Å²) in [6, 6.07) is 0. The third-order valence-corrected chi connectivity index (χ3v) is 35.7. The van der Waals surface area contributed by atoms with Gasteiger partial charge in [0.1, 0.15) is 46.8 Å². The number of allylic oxidation sites excluding steroid dienone is 16. The quantitative estimate of drug-likeness (QED) is 0.117. The van der Waals surface area contributed by atoms with Crippen LogP contribution in [0.4, 0.5) is 0 Å². The standard InChI is InChI=1S/C26H32O5.C25H30O5.C24H28O5.C23H26O5/c1-4-13-31-23(30)21-20-16(25(3)11-5-15(27)14-18(25)22(21)29)7-12-26-17(20)6-9-24(26,2)10-8-19(26)28;1-4-30-22(29)20-19-15(24(3)11-5-14(26)13-17(24)21(20)28)7-12-25-16(19)6-9-23(25,2)10-8-18(25)27;1-22-8-5-15-18-14(6-11-24(15,22)17(26)7-9-22)23(2)10-4-13(25)12-16(23)20(27)19(18)21(28)29-3;1-21-7-4-14-17-13(5-10-23(14,21)16(25)6-8-21)22(2)9-3-12(24)11-15(22)19(26)18(17)20(27)28/h6,14,21-22,29H,4-5,7-13H2,1-3H3;6,13,20-21,28H,4-5,7-12H2,1-3H3;5,12,19-20,27H,4,6-11H2,1-3H3;4,11,18-19,26H,3,5-10H2,1-2H3,(H,27,28)/t21-,22-,24-,25?,26+;20-,21-,23-,24?,25+;19-,20-,22-,23?,24+;18-,19-,21-,22?,23+/m0000/s1. The van der Waals surface area contributed by atoms with Gasteiger partial charge in [0.15, 0.2) is 23.1 Å². The Morgan fingerprint density at radius 2 is 0.602 bits per heavy atom. The molecule has 0 heterocycles. The normalized spacial score (nSPS) is 42.7. The van der Waals surface area contributed by atoms with Gasteiger partial charge in [0.2, 0.25) is 0 Å². The van der Waals surface area contributed by atoms with Crippen molar-refractivity contribution in [3.8, 4) is 0 Å². The average molecular weight is 1610 g/mol. The SMILES string of the molecule is CC12CCC(=O)C=C1[C@H](O)[C@@H](C(=O)O)C1=C2CC[C@@]23C(=O)CC[C@]2(C)CC=C13.CCCOC(=O)[C@H]1C2=C(CC[C@@]34C(=O)CC[C@]3(C)CC=C24)C2(C)CCC(=O)C=C2[C@@H]1O.CCOC(=O)[C@H]1C2=C(CC[C@@]34C(=O)CC[C@]3(C)CC=C24)C2(C)CCC(=O)C=C2[C@@H]1O.COC(=O)[C@H]1C2=C(CC[C@@]34C(=O)CC[C@]3(C)CC=C24)C2(C)CCC(=O)C=C2[C@@H]1O. The molecule has 0 aromatic heterocycles. The minimum absolute atomic E-state index is 0.000841. The summed E-state index contributed by atoms with van der Waals surface area (Å²) < 4.78 is 16.0. The third-order valence-electron chi connectivity index (χ3n) is 35.7. The molecule has 0 amide bonds. The Bertz CT molecular complexity index is 5080. The second kappa shape index (κ2) is 27.7. The summed E-state index contributed by atoms with van der Waals surface area (Å²) in [6.07, 6.45) is 29.9. The van der Waals surface area contributed by atoms with Gasteiger partial charge >= 0.3 is 23.9 Å². The molecule has 4 spiro atoms. The van der Waals surface area contributed by atoms with Gasteiger partial charge in [0.05, 0.1) is 66.4 Å². The van der Waals surface area contributed by atoms with Gasteiger partial charge in [0.25, 0.3) is 0 Å². The molecule has 20 aliphatic rings. The highest BCUT2D eigenvalue weighted by atomic mass is 16.5. The van der Waals surface area contributed by atoms with Crippen molar-refractivity contribution in [1.29, 1.82) is 0 Å². The molecule has 0 aliphatic heterocycles. The Morgan fingerprint density at radius 1 is 0.347 bits per heavy atom. The van der Waals surface area contributed by atoms with Crippen LogP contribution < -0.4 is 0 Å². The van der Waals surface area contributed by atoms with Crippen LogP contribution in [0.15, 0.2) is 138 Å². The molecule has 0 aromatic carbocycles. The van der Waals surface area contributed by atoms with E-state index in [0.717, 1.165) is 151 Å². The van der Waals surface area contributed by atoms with Crippen molar-refractivity contribution in [3.63, 3.8) is 0 Å². The number of hydrogen-bond acceptors (Lipinski definition) is 19. The summed E-state index contributed by atoms with van der Waals surface area (Å²) in [6.45, 7) is 21.3. The number of ketones is 8. The molecule has 4 unspecified atom stereocenters. The molecular formula is C98H116O20. The molecule has 118 heavy (non-hydrogen) atoms. The van der Waals surface area contributed by atoms with Crippen molar-refractivity contribution in [1.82, 2.24) is 0 Å². The van der Waals surface area contributed by atoms with Gasteiger partial charge in [-0.2, -0.15) is 0 Å². The number of aliphatic hydroxyl groups is 4. The number of Topliss-reactive ketones (excluding diaryl/α,β-unsaturated/α-hetero) is 4. The van der Waals surface area contributed by atoms with Crippen LogP contribution in [0, 0.1) is 88.7 Å². The topological polar surface area (TPSA) is 334 Å². The fourth-order valence-corrected chi connectivity index (χ4v) is 29.1. The fourth-order valence-electron chi connectivity index (χ4n) is 29.1. The van der Waals surface area contributed by atoms with Crippen molar-refractivity contribution in [2.45, 2.75) is 280 Å². The average Bonchev–Trinajstić information content (AvgIpc) is 1.43. The molecule has 4 fully saturated rings. The Balaban J connectivity index is 0.000000113. The van der Waals surface area contributed by atoms with E-state index in [-0.39, 0.29) is 74.5 Å². The summed E-state index contributed by atoms with van der Waals surface area (Å²) in [4.78, 5) is 153. The number of rotatable bonds is 7. The summed E-state index contributed by atoms with van der Waals surface area (Å²) >= 11 is 0. The number of ether oxygens (including phenoxy) is 3. The zero-order valence-corrected chi connectivity index (χ0v) is 70.5. The lowest BCUT2D eigenvalue weighted by Gasteiger charge is -2.53. The summed E-state index contributed by atoms with van der Waals surface area (Å²) in [7, 11) is 1.33. The molecule has 20 aliphatic carbocycles. The number of aliphatic hydroxyl groups excluding tert-OH is 4. The highest BCUT2D eigenvalue weighted by Crippen LogP contribution is 2.76. The van der Waals surface area contributed by atoms with Crippen molar-refractivity contribution in [2.75, 3.05) is 20.3 Å². The van der Waals surface area contributed by atoms with Crippen LogP contribution in [-0.2, 0) is 71.7 Å². The van der Waals surface area contributed by atoms with Crippen LogP contribution in [0.5, 0.6) is 0 Å². The Morgan fingerprint density at radius 3 is 0.856 bits per heavy atom. The number of aliphatic carboxylic acids is 1. The number of methoxy groups -OCH3 is 1. The van der Waals surface area contributed by atoms with E-state index < -0.39 is 115 Å². The maximum Gasteiger partial charge on any atom is 0.316 e. The lowest BCUT2D eigenvalue weighted by Crippen LogP contribution is -2.51. The minimum Gasteiger partial charge on any atom is -0.481 e. The molecule has 0 saturated heterocycles. The van der Waals surface area contributed by atoms with E-state index >= 15 is 0 Å². The lowest BCUT2D eigenvalue weighted by molar-refractivity contribution is -0.151. The van der Waals surface area contributed by atoms with Gasteiger partial charge in [0, 0.05) is 73.0 Å². The van der Waals surface area contributed by atoms with Crippen LogP contribution >= 0.6 is 0 Å². The van der Waals surface area contributed by atoms with E-state index in [2.05, 4.69) is 72.8 Å². The molecule has 628 valence electrons. The number of carbonyl (C=O) groups is 12. The zero-order valence-electron chi connectivity index (χ0n) is 70.5. The van der Waals surface area contributed by atoms with E-state index in [4.69, 9.17) is 14.2 Å². The molecule has 4 saturated carbocycles. The Labute approximate surface area is 690 Å². The maximum atomic E-state index is 13.3. The first-order valence-corrected chi connectivity index (χ1v) is 44.0. The van der Waals surface area contributed by atoms with Crippen molar-refractivity contribution in [3.05, 3.63) is 138 Å². The first kappa shape index (κ1) is 82.3. The number of carbonyl (C=O) groups excluding carboxylic acids is 11. The summed E-state index contributed by atoms with van der Waals surface area (Å²) in [5, 5.41) is 55.3. The largest absolute Gasteiger partial charge is 0.481 e. The number of carboxylic acid groups (broad SMARTS) is 1. The van der Waals surface area contributed by atoms with E-state index in [9.17, 15) is 83.1 Å². The molecule has 20 heteroatoms. The summed E-state index contributed by atoms with van der Waals surface area (Å²) in [5.74, 6) is -5.20. The zero-order chi connectivity index (χ0) is 84.5. The predicted molar refractivity (Wildman–Crippen MR) is 432 cm³/mol. The number of esters is 3. The lowest BCUT2D eigenvalue weighted by atomic mass is 9.50. The molecule has 20 atom stereocenters. The van der Waals surface area contributed by atoms with Crippen molar-refractivity contribution >= 4 is 70.1 Å². The van der Waals surface area contributed by atoms with Gasteiger partial charge in [-0.3, -0.25) is 57.5 Å². The highest BCUT2D eigenvalue weighted by molar-refractivity contribution is 6.02. The number of carboxylic acids is 1. The molecular weight excluding hydrogens is 1500 g/mol. The fraction of sp³-hybridized carbons (Fsp3) is 0.633. The van der Waals surface area contributed by atoms with Gasteiger partial charge in [-0.1, -0.05) is 109 Å². The van der Waals surface area contributed by atoms with Crippen LogP contribution in [0.1, 0.15) is 255 Å². The maximum absolute atomic E-state index is 13.3. The first-order valence-electron chi connectivity index (χ1n) is 44.0. The first-order chi connectivity index (χ1) is 55.7. The van der Waals surface area contributed by atoms with Gasteiger partial charge < -0.3 is 39.7 Å². The van der Waals surface area contributed by atoms with E-state index in [1.807, 2.05) is 13.8 Å². The number of hydrogen-bond donors (Lipinski definition) is 5. The Hall–Kier alpha value is -8.04. The van der Waals surface area contributed by atoms with Gasteiger partial charge in [-0.05, 0) is 255 Å². The molecule has 0 radical (unpaired) electrons. The van der Waals surface area contributed by atoms with Crippen LogP contribution in [0.2, 0.25) is 0 Å². The highest BCUT2D eigenvalue weighted by Gasteiger charge is 2.72. The van der Waals surface area contributed by atoms with E-state index in [0.29, 0.717) is 131 Å². The minimum atomic E-state index is -1.23. The van der Waals surface area contributed by atoms with Gasteiger partial charge in [-0.15, -0.1) is 0 Å². The predicted octanol–water partition coefficient (Wildman–Crippen LogP) is 14.0. The van der Waals surface area contributed by atoms with Gasteiger partial charge in [-0.25, -0.2) is 0 Å². The number of fused-ring (bicyclic) bond motifs is 12. The smallest absolute Gasteiger partial charge is 0.316 e. The van der Waals surface area contributed by atoms with E-state index in [1.54, 1.807) is 25.2 Å². The van der Waals surface area contributed by atoms with Crippen molar-refractivity contribution in [2.24, 2.45) is 88.7 Å². The van der Waals surface area contributed by atoms with Crippen LogP contribution in [-0.4, -0.2) is 140 Å². The van der Waals surface area contributed by atoms with Crippen LogP contribution in [0.25, 0.3) is 0 Å². The molecule has 20 rings (SSSR count). The molecule has 20 nitrogen and oxygen atoms in total. The summed E-state index contributed by atoms with van der Waals surface area (Å²) in [5.41, 5.74) is 9.38.